The lowest BCUT2D eigenvalue weighted by atomic mass is 10.1. The average molecular weight is 279 g/mol. The van der Waals surface area contributed by atoms with Crippen molar-refractivity contribution in [3.05, 3.63) is 40.4 Å². The first-order chi connectivity index (χ1) is 8.97. The second-order valence-electron chi connectivity index (χ2n) is 4.93. The van der Waals surface area contributed by atoms with Gasteiger partial charge in [0.25, 0.3) is 0 Å². The van der Waals surface area contributed by atoms with Crippen molar-refractivity contribution < 1.29 is 0 Å². The van der Waals surface area contributed by atoms with Gasteiger partial charge in [0, 0.05) is 17.6 Å². The standard InChI is InChI=1S/C14H19ClN4/c1-9(2)16-8-12-5-6-13(15)7-14(12)19-11(4)17-10(3)18-19/h5-7,9,16H,8H2,1-4H3. The van der Waals surface area contributed by atoms with Crippen molar-refractivity contribution in [3.8, 4) is 5.69 Å². The smallest absolute Gasteiger partial charge is 0.148 e. The molecule has 1 aromatic heterocycles. The fraction of sp³-hybridized carbons (Fsp3) is 0.429. The lowest BCUT2D eigenvalue weighted by Gasteiger charge is -2.13. The van der Waals surface area contributed by atoms with E-state index in [0.29, 0.717) is 11.1 Å². The van der Waals surface area contributed by atoms with E-state index in [4.69, 9.17) is 11.6 Å². The Morgan fingerprint density at radius 2 is 2.05 bits per heavy atom. The Kier molecular flexibility index (Phi) is 4.22. The molecule has 1 N–H and O–H groups in total. The second kappa shape index (κ2) is 5.72. The summed E-state index contributed by atoms with van der Waals surface area (Å²) >= 11 is 6.11. The largest absolute Gasteiger partial charge is 0.310 e. The second-order valence-corrected chi connectivity index (χ2v) is 5.36. The van der Waals surface area contributed by atoms with Crippen LogP contribution in [-0.2, 0) is 6.54 Å². The Morgan fingerprint density at radius 1 is 1.32 bits per heavy atom. The molecular weight excluding hydrogens is 260 g/mol. The van der Waals surface area contributed by atoms with Crippen LogP contribution in [0.15, 0.2) is 18.2 Å². The van der Waals surface area contributed by atoms with Crippen molar-refractivity contribution in [2.24, 2.45) is 0 Å². The quantitative estimate of drug-likeness (QED) is 0.935. The number of nitrogens with zero attached hydrogens (tertiary/aromatic N) is 3. The zero-order valence-electron chi connectivity index (χ0n) is 11.7. The molecule has 0 radical (unpaired) electrons. The zero-order chi connectivity index (χ0) is 14.0. The fourth-order valence-electron chi connectivity index (χ4n) is 1.95. The summed E-state index contributed by atoms with van der Waals surface area (Å²) in [6, 6.07) is 6.30. The van der Waals surface area contributed by atoms with Gasteiger partial charge in [0.1, 0.15) is 11.6 Å². The van der Waals surface area contributed by atoms with Gasteiger partial charge in [-0.25, -0.2) is 9.67 Å². The summed E-state index contributed by atoms with van der Waals surface area (Å²) in [6.45, 7) is 8.87. The maximum atomic E-state index is 6.11. The van der Waals surface area contributed by atoms with Gasteiger partial charge < -0.3 is 5.32 Å². The van der Waals surface area contributed by atoms with E-state index in [1.807, 2.05) is 36.7 Å². The van der Waals surface area contributed by atoms with Crippen LogP contribution < -0.4 is 5.32 Å². The molecule has 2 aromatic rings. The summed E-state index contributed by atoms with van der Waals surface area (Å²) in [4.78, 5) is 4.34. The van der Waals surface area contributed by atoms with Gasteiger partial charge in [-0.1, -0.05) is 31.5 Å². The Bertz CT molecular complexity index is 575. The Hall–Kier alpha value is -1.39. The normalized spacial score (nSPS) is 11.3. The number of aryl methyl sites for hydroxylation is 2. The van der Waals surface area contributed by atoms with E-state index in [9.17, 15) is 0 Å². The molecule has 19 heavy (non-hydrogen) atoms. The van der Waals surface area contributed by atoms with E-state index >= 15 is 0 Å². The number of halogens is 1. The van der Waals surface area contributed by atoms with Crippen LogP contribution in [0.3, 0.4) is 0 Å². The molecule has 0 fully saturated rings. The molecule has 4 nitrogen and oxygen atoms in total. The predicted molar refractivity (Wildman–Crippen MR) is 77.8 cm³/mol. The van der Waals surface area contributed by atoms with Crippen LogP contribution in [0.25, 0.3) is 5.69 Å². The molecule has 0 spiro atoms. The van der Waals surface area contributed by atoms with Gasteiger partial charge in [0.2, 0.25) is 0 Å². The van der Waals surface area contributed by atoms with Gasteiger partial charge in [0.15, 0.2) is 0 Å². The van der Waals surface area contributed by atoms with Crippen molar-refractivity contribution in [2.75, 3.05) is 0 Å². The highest BCUT2D eigenvalue weighted by Gasteiger charge is 2.11. The van der Waals surface area contributed by atoms with Crippen LogP contribution in [0.2, 0.25) is 5.02 Å². The highest BCUT2D eigenvalue weighted by molar-refractivity contribution is 6.30. The van der Waals surface area contributed by atoms with Crippen molar-refractivity contribution >= 4 is 11.6 Å². The van der Waals surface area contributed by atoms with Crippen molar-refractivity contribution in [2.45, 2.75) is 40.3 Å². The minimum absolute atomic E-state index is 0.433. The SMILES string of the molecule is Cc1nc(C)n(-c2cc(Cl)ccc2CNC(C)C)n1. The number of nitrogens with one attached hydrogen (secondary N) is 1. The van der Waals surface area contributed by atoms with Crippen LogP contribution >= 0.6 is 11.6 Å². The highest BCUT2D eigenvalue weighted by atomic mass is 35.5. The maximum Gasteiger partial charge on any atom is 0.148 e. The van der Waals surface area contributed by atoms with Gasteiger partial charge >= 0.3 is 0 Å². The predicted octanol–water partition coefficient (Wildman–Crippen LogP) is 3.04. The molecule has 2 rings (SSSR count). The minimum atomic E-state index is 0.433. The Balaban J connectivity index is 2.42. The molecule has 0 atom stereocenters. The summed E-state index contributed by atoms with van der Waals surface area (Å²) in [7, 11) is 0. The summed E-state index contributed by atoms with van der Waals surface area (Å²) in [5, 5.41) is 8.55. The summed E-state index contributed by atoms with van der Waals surface area (Å²) in [5.74, 6) is 1.63. The van der Waals surface area contributed by atoms with Crippen LogP contribution in [0.4, 0.5) is 0 Å². The van der Waals surface area contributed by atoms with Gasteiger partial charge in [-0.05, 0) is 31.5 Å². The molecule has 0 unspecified atom stereocenters. The third kappa shape index (κ3) is 3.33. The first kappa shape index (κ1) is 14.0. The topological polar surface area (TPSA) is 42.7 Å². The van der Waals surface area contributed by atoms with E-state index in [1.165, 1.54) is 0 Å². The molecular formula is C14H19ClN4. The first-order valence-corrected chi connectivity index (χ1v) is 6.77. The number of aromatic nitrogens is 3. The van der Waals surface area contributed by atoms with Crippen molar-refractivity contribution in [3.63, 3.8) is 0 Å². The Labute approximate surface area is 118 Å². The average Bonchev–Trinajstić information content (AvgIpc) is 2.66. The van der Waals surface area contributed by atoms with Crippen molar-refractivity contribution in [1.82, 2.24) is 20.1 Å². The van der Waals surface area contributed by atoms with Crippen LogP contribution in [0.5, 0.6) is 0 Å². The third-order valence-corrected chi connectivity index (χ3v) is 3.09. The molecule has 0 aliphatic rings. The molecule has 0 saturated heterocycles. The molecule has 0 amide bonds. The first-order valence-electron chi connectivity index (χ1n) is 6.40. The summed E-state index contributed by atoms with van der Waals surface area (Å²) in [6.07, 6.45) is 0. The Morgan fingerprint density at radius 3 is 2.63 bits per heavy atom. The molecule has 102 valence electrons. The lowest BCUT2D eigenvalue weighted by molar-refractivity contribution is 0.586. The van der Waals surface area contributed by atoms with E-state index in [0.717, 1.165) is 29.4 Å². The highest BCUT2D eigenvalue weighted by Crippen LogP contribution is 2.21. The molecule has 1 heterocycles. The minimum Gasteiger partial charge on any atom is -0.310 e. The molecule has 1 aromatic carbocycles. The number of hydrogen-bond donors (Lipinski definition) is 1. The maximum absolute atomic E-state index is 6.11. The molecule has 5 heteroatoms. The molecule has 0 saturated carbocycles. The van der Waals surface area contributed by atoms with Crippen molar-refractivity contribution in [1.29, 1.82) is 0 Å². The molecule has 0 aliphatic carbocycles. The monoisotopic (exact) mass is 278 g/mol. The number of rotatable bonds is 4. The number of benzene rings is 1. The molecule has 0 aliphatic heterocycles. The van der Waals surface area contributed by atoms with E-state index in [-0.39, 0.29) is 0 Å². The lowest BCUT2D eigenvalue weighted by Crippen LogP contribution is -2.22. The van der Waals surface area contributed by atoms with Gasteiger partial charge in [-0.3, -0.25) is 0 Å². The van der Waals surface area contributed by atoms with Crippen LogP contribution in [-0.4, -0.2) is 20.8 Å². The molecule has 0 bridgehead atoms. The summed E-state index contributed by atoms with van der Waals surface area (Å²) < 4.78 is 1.85. The van der Waals surface area contributed by atoms with Crippen LogP contribution in [0, 0.1) is 13.8 Å². The number of hydrogen-bond acceptors (Lipinski definition) is 3. The van der Waals surface area contributed by atoms with Gasteiger partial charge in [0.05, 0.1) is 5.69 Å². The zero-order valence-corrected chi connectivity index (χ0v) is 12.5. The van der Waals surface area contributed by atoms with E-state index in [2.05, 4.69) is 29.2 Å². The van der Waals surface area contributed by atoms with E-state index in [1.54, 1.807) is 0 Å². The van der Waals surface area contributed by atoms with Gasteiger partial charge in [-0.15, -0.1) is 0 Å². The summed E-state index contributed by atoms with van der Waals surface area (Å²) in [5.41, 5.74) is 2.14. The fourth-order valence-corrected chi connectivity index (χ4v) is 2.11. The van der Waals surface area contributed by atoms with E-state index < -0.39 is 0 Å². The van der Waals surface area contributed by atoms with Crippen LogP contribution in [0.1, 0.15) is 31.1 Å². The van der Waals surface area contributed by atoms with Gasteiger partial charge in [-0.2, -0.15) is 5.10 Å². The third-order valence-electron chi connectivity index (χ3n) is 2.85.